The molecule has 1 aliphatic heterocycles. The molecule has 0 unspecified atom stereocenters. The van der Waals surface area contributed by atoms with Crippen molar-refractivity contribution in [2.24, 2.45) is 0 Å². The van der Waals surface area contributed by atoms with E-state index < -0.39 is 0 Å². The fraction of sp³-hybridized carbons (Fsp3) is 0.278. The monoisotopic (exact) mass is 338 g/mol. The van der Waals surface area contributed by atoms with Crippen molar-refractivity contribution < 1.29 is 4.79 Å². The Morgan fingerprint density at radius 3 is 2.42 bits per heavy atom. The number of piperazine rings is 1. The van der Waals surface area contributed by atoms with E-state index in [-0.39, 0.29) is 5.78 Å². The van der Waals surface area contributed by atoms with Crippen LogP contribution in [0.15, 0.2) is 42.0 Å². The fourth-order valence-electron chi connectivity index (χ4n) is 3.11. The van der Waals surface area contributed by atoms with Crippen molar-refractivity contribution in [2.75, 3.05) is 36.0 Å². The number of carbonyl (C=O) groups excluding carboxylic acids is 1. The number of carbonyl (C=O) groups is 1. The Bertz CT molecular complexity index is 866. The zero-order valence-electron chi connectivity index (χ0n) is 13.5. The fourth-order valence-corrected chi connectivity index (χ4v) is 3.84. The van der Waals surface area contributed by atoms with Gasteiger partial charge in [-0.1, -0.05) is 0 Å². The quantitative estimate of drug-likeness (QED) is 0.686. The zero-order chi connectivity index (χ0) is 16.5. The van der Waals surface area contributed by atoms with E-state index in [9.17, 15) is 4.79 Å². The molecule has 0 spiro atoms. The molecule has 0 bridgehead atoms. The largest absolute Gasteiger partial charge is 0.368 e. The predicted octanol–water partition coefficient (Wildman–Crippen LogP) is 3.22. The third kappa shape index (κ3) is 2.73. The number of anilines is 2. The number of benzene rings is 1. The molecule has 3 heterocycles. The molecule has 2 aromatic heterocycles. The van der Waals surface area contributed by atoms with E-state index in [0.717, 1.165) is 47.8 Å². The van der Waals surface area contributed by atoms with E-state index in [2.05, 4.69) is 31.2 Å². The molecular weight excluding hydrogens is 320 g/mol. The number of aromatic nitrogens is 2. The van der Waals surface area contributed by atoms with Crippen LogP contribution in [0.4, 0.5) is 11.5 Å². The molecule has 1 aliphatic rings. The van der Waals surface area contributed by atoms with Gasteiger partial charge in [-0.2, -0.15) is 0 Å². The maximum atomic E-state index is 11.4. The molecule has 0 N–H and O–H groups in total. The Kier molecular flexibility index (Phi) is 3.90. The van der Waals surface area contributed by atoms with Crippen LogP contribution in [-0.2, 0) is 0 Å². The topological polar surface area (TPSA) is 49.3 Å². The van der Waals surface area contributed by atoms with Crippen molar-refractivity contribution in [3.63, 3.8) is 0 Å². The van der Waals surface area contributed by atoms with E-state index in [1.807, 2.05) is 24.3 Å². The number of rotatable bonds is 3. The lowest BCUT2D eigenvalue weighted by atomic mass is 10.1. The first-order valence-corrected chi connectivity index (χ1v) is 8.89. The number of nitrogens with zero attached hydrogens (tertiary/aromatic N) is 4. The molecule has 0 radical (unpaired) electrons. The molecule has 6 heteroatoms. The van der Waals surface area contributed by atoms with E-state index in [1.165, 1.54) is 5.69 Å². The van der Waals surface area contributed by atoms with E-state index >= 15 is 0 Å². The van der Waals surface area contributed by atoms with Gasteiger partial charge in [-0.15, -0.1) is 11.3 Å². The SMILES string of the molecule is CC(=O)c1ccc(N2CCN(c3ncnc4sccc34)CC2)cc1. The molecule has 4 rings (SSSR count). The van der Waals surface area contributed by atoms with Crippen molar-refractivity contribution in [1.29, 1.82) is 0 Å². The minimum Gasteiger partial charge on any atom is -0.368 e. The van der Waals surface area contributed by atoms with Crippen LogP contribution in [0.2, 0.25) is 0 Å². The number of fused-ring (bicyclic) bond motifs is 1. The summed E-state index contributed by atoms with van der Waals surface area (Å²) < 4.78 is 0. The first-order valence-electron chi connectivity index (χ1n) is 8.01. The minimum absolute atomic E-state index is 0.106. The predicted molar refractivity (Wildman–Crippen MR) is 98.3 cm³/mol. The lowest BCUT2D eigenvalue weighted by Gasteiger charge is -2.37. The highest BCUT2D eigenvalue weighted by atomic mass is 32.1. The van der Waals surface area contributed by atoms with Gasteiger partial charge in [0.2, 0.25) is 0 Å². The van der Waals surface area contributed by atoms with Crippen molar-refractivity contribution in [3.8, 4) is 0 Å². The van der Waals surface area contributed by atoms with Crippen LogP contribution >= 0.6 is 11.3 Å². The molecule has 0 atom stereocenters. The summed E-state index contributed by atoms with van der Waals surface area (Å²) in [5.41, 5.74) is 1.93. The summed E-state index contributed by atoms with van der Waals surface area (Å²) in [5.74, 6) is 1.14. The van der Waals surface area contributed by atoms with Gasteiger partial charge < -0.3 is 9.80 Å². The Morgan fingerprint density at radius 1 is 1.00 bits per heavy atom. The zero-order valence-corrected chi connectivity index (χ0v) is 14.3. The van der Waals surface area contributed by atoms with Gasteiger partial charge in [0.25, 0.3) is 0 Å². The van der Waals surface area contributed by atoms with Crippen LogP contribution in [0.25, 0.3) is 10.2 Å². The second-order valence-corrected chi connectivity index (χ2v) is 6.81. The van der Waals surface area contributed by atoms with E-state index in [4.69, 9.17) is 0 Å². The van der Waals surface area contributed by atoms with Gasteiger partial charge in [-0.3, -0.25) is 4.79 Å². The average molecular weight is 338 g/mol. The summed E-state index contributed by atoms with van der Waals surface area (Å²) in [6.45, 7) is 5.33. The number of hydrogen-bond acceptors (Lipinski definition) is 6. The Balaban J connectivity index is 1.48. The van der Waals surface area contributed by atoms with Gasteiger partial charge in [-0.05, 0) is 42.6 Å². The molecule has 5 nitrogen and oxygen atoms in total. The van der Waals surface area contributed by atoms with Gasteiger partial charge >= 0.3 is 0 Å². The molecule has 122 valence electrons. The smallest absolute Gasteiger partial charge is 0.159 e. The third-order valence-electron chi connectivity index (χ3n) is 4.46. The summed E-state index contributed by atoms with van der Waals surface area (Å²) in [4.78, 5) is 25.9. The average Bonchev–Trinajstić information content (AvgIpc) is 3.11. The van der Waals surface area contributed by atoms with Crippen molar-refractivity contribution in [2.45, 2.75) is 6.92 Å². The van der Waals surface area contributed by atoms with Gasteiger partial charge in [0.1, 0.15) is 17.0 Å². The van der Waals surface area contributed by atoms with Crippen molar-refractivity contribution >= 4 is 38.8 Å². The molecule has 1 aromatic carbocycles. The summed E-state index contributed by atoms with van der Waals surface area (Å²) in [6.07, 6.45) is 1.65. The summed E-state index contributed by atoms with van der Waals surface area (Å²) in [7, 11) is 0. The van der Waals surface area contributed by atoms with Crippen LogP contribution in [0.1, 0.15) is 17.3 Å². The lowest BCUT2D eigenvalue weighted by Crippen LogP contribution is -2.46. The van der Waals surface area contributed by atoms with Crippen LogP contribution in [0, 0.1) is 0 Å². The van der Waals surface area contributed by atoms with Gasteiger partial charge in [0.05, 0.1) is 5.39 Å². The summed E-state index contributed by atoms with van der Waals surface area (Å²) in [6, 6.07) is 9.98. The molecule has 1 fully saturated rings. The standard InChI is InChI=1S/C18H18N4OS/c1-13(23)14-2-4-15(5-3-14)21-7-9-22(10-8-21)17-16-6-11-24-18(16)20-12-19-17/h2-6,11-12H,7-10H2,1H3. The molecule has 1 saturated heterocycles. The Hall–Kier alpha value is -2.47. The number of Topliss-reactive ketones (excluding diaryl/α,β-unsaturated/α-hetero) is 1. The third-order valence-corrected chi connectivity index (χ3v) is 5.28. The molecule has 24 heavy (non-hydrogen) atoms. The first kappa shape index (κ1) is 15.1. The maximum Gasteiger partial charge on any atom is 0.159 e. The summed E-state index contributed by atoms with van der Waals surface area (Å²) >= 11 is 1.65. The van der Waals surface area contributed by atoms with Crippen LogP contribution in [0.5, 0.6) is 0 Å². The maximum absolute atomic E-state index is 11.4. The van der Waals surface area contributed by atoms with Gasteiger partial charge in [0, 0.05) is 37.4 Å². The molecular formula is C18H18N4OS. The molecule has 0 amide bonds. The number of hydrogen-bond donors (Lipinski definition) is 0. The molecule has 0 saturated carbocycles. The highest BCUT2D eigenvalue weighted by Crippen LogP contribution is 2.28. The van der Waals surface area contributed by atoms with Gasteiger partial charge in [0.15, 0.2) is 5.78 Å². The summed E-state index contributed by atoms with van der Waals surface area (Å²) in [5, 5.41) is 3.21. The van der Waals surface area contributed by atoms with Gasteiger partial charge in [-0.25, -0.2) is 9.97 Å². The van der Waals surface area contributed by atoms with Crippen LogP contribution in [0.3, 0.4) is 0 Å². The second kappa shape index (κ2) is 6.20. The highest BCUT2D eigenvalue weighted by Gasteiger charge is 2.20. The number of ketones is 1. The van der Waals surface area contributed by atoms with Crippen molar-refractivity contribution in [3.05, 3.63) is 47.6 Å². The second-order valence-electron chi connectivity index (χ2n) is 5.91. The molecule has 0 aliphatic carbocycles. The van der Waals surface area contributed by atoms with E-state index in [1.54, 1.807) is 24.6 Å². The Morgan fingerprint density at radius 2 is 1.71 bits per heavy atom. The number of thiophene rings is 1. The highest BCUT2D eigenvalue weighted by molar-refractivity contribution is 7.16. The minimum atomic E-state index is 0.106. The van der Waals surface area contributed by atoms with Crippen LogP contribution in [-0.4, -0.2) is 41.9 Å². The first-order chi connectivity index (χ1) is 11.7. The van der Waals surface area contributed by atoms with E-state index in [0.29, 0.717) is 0 Å². The van der Waals surface area contributed by atoms with Crippen molar-refractivity contribution in [1.82, 2.24) is 9.97 Å². The van der Waals surface area contributed by atoms with Crippen LogP contribution < -0.4 is 9.80 Å². The molecule has 3 aromatic rings. The lowest BCUT2D eigenvalue weighted by molar-refractivity contribution is 0.101. The Labute approximate surface area is 144 Å². The normalized spacial score (nSPS) is 15.0.